The summed E-state index contributed by atoms with van der Waals surface area (Å²) < 4.78 is 26.2. The van der Waals surface area contributed by atoms with Gasteiger partial charge in [-0.3, -0.25) is 0 Å². The van der Waals surface area contributed by atoms with E-state index < -0.39 is 15.3 Å². The van der Waals surface area contributed by atoms with Crippen LogP contribution in [-0.4, -0.2) is 37.6 Å². The van der Waals surface area contributed by atoms with Gasteiger partial charge in [-0.1, -0.05) is 13.8 Å². The van der Waals surface area contributed by atoms with Crippen LogP contribution < -0.4 is 5.73 Å². The molecular weight excluding hydrogens is 224 g/mol. The number of hydrogen-bond donors (Lipinski definition) is 1. The van der Waals surface area contributed by atoms with Gasteiger partial charge in [0.25, 0.3) is 0 Å². The van der Waals surface area contributed by atoms with Crippen molar-refractivity contribution in [2.45, 2.75) is 44.8 Å². The fourth-order valence-corrected chi connectivity index (χ4v) is 4.03. The Labute approximate surface area is 99.2 Å². The quantitative estimate of drug-likeness (QED) is 0.812. The van der Waals surface area contributed by atoms with E-state index in [4.69, 9.17) is 5.73 Å². The van der Waals surface area contributed by atoms with Crippen LogP contribution in [0.25, 0.3) is 0 Å². The lowest BCUT2D eigenvalue weighted by atomic mass is 10.0. The fraction of sp³-hybridized carbons (Fsp3) is 1.00. The molecule has 0 aromatic heterocycles. The molecule has 1 aliphatic rings. The van der Waals surface area contributed by atoms with Crippen LogP contribution >= 0.6 is 0 Å². The highest BCUT2D eigenvalue weighted by molar-refractivity contribution is 7.89. The largest absolute Gasteiger partial charge is 0.329 e. The molecule has 0 amide bonds. The average Bonchev–Trinajstić information content (AvgIpc) is 2.44. The van der Waals surface area contributed by atoms with Crippen LogP contribution in [0.3, 0.4) is 0 Å². The SMILES string of the molecule is CCC(CN)S(=O)(=O)N1CCCC(C)CC1. The van der Waals surface area contributed by atoms with Gasteiger partial charge in [-0.25, -0.2) is 12.7 Å². The molecule has 1 aliphatic heterocycles. The van der Waals surface area contributed by atoms with E-state index in [1.807, 2.05) is 6.92 Å². The molecule has 1 heterocycles. The van der Waals surface area contributed by atoms with Gasteiger partial charge in [0.2, 0.25) is 10.0 Å². The molecule has 0 radical (unpaired) electrons. The second-order valence-electron chi connectivity index (χ2n) is 4.75. The second kappa shape index (κ2) is 5.98. The van der Waals surface area contributed by atoms with Gasteiger partial charge in [0, 0.05) is 19.6 Å². The van der Waals surface area contributed by atoms with E-state index in [2.05, 4.69) is 6.92 Å². The maximum Gasteiger partial charge on any atom is 0.218 e. The summed E-state index contributed by atoms with van der Waals surface area (Å²) in [5, 5.41) is -0.402. The van der Waals surface area contributed by atoms with Crippen molar-refractivity contribution in [1.29, 1.82) is 0 Å². The molecule has 0 saturated carbocycles. The minimum Gasteiger partial charge on any atom is -0.329 e. The molecule has 1 saturated heterocycles. The van der Waals surface area contributed by atoms with E-state index in [0.717, 1.165) is 19.3 Å². The van der Waals surface area contributed by atoms with E-state index in [-0.39, 0.29) is 6.54 Å². The summed E-state index contributed by atoms with van der Waals surface area (Å²) in [7, 11) is -3.16. The highest BCUT2D eigenvalue weighted by Gasteiger charge is 2.30. The average molecular weight is 248 g/mol. The third kappa shape index (κ3) is 3.18. The third-order valence-electron chi connectivity index (χ3n) is 3.48. The molecule has 2 atom stereocenters. The zero-order valence-electron chi connectivity index (χ0n) is 10.4. The van der Waals surface area contributed by atoms with Crippen molar-refractivity contribution < 1.29 is 8.42 Å². The van der Waals surface area contributed by atoms with Gasteiger partial charge in [0.15, 0.2) is 0 Å². The molecule has 0 aromatic carbocycles. The predicted octanol–water partition coefficient (Wildman–Crippen LogP) is 1.18. The Morgan fingerprint density at radius 3 is 2.62 bits per heavy atom. The van der Waals surface area contributed by atoms with Crippen LogP contribution in [-0.2, 0) is 10.0 Å². The fourth-order valence-electron chi connectivity index (χ4n) is 2.20. The molecule has 2 unspecified atom stereocenters. The normalized spacial score (nSPS) is 26.3. The molecule has 1 fully saturated rings. The Balaban J connectivity index is 2.74. The van der Waals surface area contributed by atoms with Gasteiger partial charge < -0.3 is 5.73 Å². The first kappa shape index (κ1) is 13.9. The molecule has 2 N–H and O–H groups in total. The highest BCUT2D eigenvalue weighted by Crippen LogP contribution is 2.21. The molecule has 0 aromatic rings. The summed E-state index contributed by atoms with van der Waals surface area (Å²) in [4.78, 5) is 0. The van der Waals surface area contributed by atoms with E-state index in [9.17, 15) is 8.42 Å². The first-order valence-corrected chi connectivity index (χ1v) is 7.71. The topological polar surface area (TPSA) is 63.4 Å². The van der Waals surface area contributed by atoms with Crippen LogP contribution in [0.2, 0.25) is 0 Å². The Kier molecular flexibility index (Phi) is 5.21. The van der Waals surface area contributed by atoms with Crippen molar-refractivity contribution in [2.75, 3.05) is 19.6 Å². The van der Waals surface area contributed by atoms with Crippen molar-refractivity contribution in [3.05, 3.63) is 0 Å². The van der Waals surface area contributed by atoms with Crippen molar-refractivity contribution in [3.8, 4) is 0 Å². The van der Waals surface area contributed by atoms with Crippen molar-refractivity contribution >= 4 is 10.0 Å². The first-order chi connectivity index (χ1) is 7.52. The number of sulfonamides is 1. The smallest absolute Gasteiger partial charge is 0.218 e. The number of rotatable bonds is 4. The van der Waals surface area contributed by atoms with Crippen LogP contribution in [0.15, 0.2) is 0 Å². The zero-order valence-corrected chi connectivity index (χ0v) is 11.2. The molecule has 16 heavy (non-hydrogen) atoms. The van der Waals surface area contributed by atoms with E-state index in [1.165, 1.54) is 0 Å². The lowest BCUT2D eigenvalue weighted by molar-refractivity contribution is 0.408. The zero-order chi connectivity index (χ0) is 12.2. The van der Waals surface area contributed by atoms with Crippen molar-refractivity contribution in [1.82, 2.24) is 4.31 Å². The molecule has 0 bridgehead atoms. The van der Waals surface area contributed by atoms with Gasteiger partial charge in [0.05, 0.1) is 5.25 Å². The van der Waals surface area contributed by atoms with Gasteiger partial charge in [-0.2, -0.15) is 0 Å². The minimum absolute atomic E-state index is 0.227. The summed E-state index contributed by atoms with van der Waals surface area (Å²) in [5.74, 6) is 0.637. The Hall–Kier alpha value is -0.130. The summed E-state index contributed by atoms with van der Waals surface area (Å²) >= 11 is 0. The monoisotopic (exact) mass is 248 g/mol. The summed E-state index contributed by atoms with van der Waals surface area (Å²) in [6.45, 7) is 5.64. The van der Waals surface area contributed by atoms with E-state index >= 15 is 0 Å². The molecule has 96 valence electrons. The molecule has 1 rings (SSSR count). The Morgan fingerprint density at radius 2 is 2.06 bits per heavy atom. The maximum atomic E-state index is 12.3. The molecule has 0 aliphatic carbocycles. The van der Waals surface area contributed by atoms with E-state index in [0.29, 0.717) is 25.4 Å². The summed E-state index contributed by atoms with van der Waals surface area (Å²) in [6.07, 6.45) is 3.68. The van der Waals surface area contributed by atoms with Crippen LogP contribution in [0.4, 0.5) is 0 Å². The molecular formula is C11H24N2O2S. The molecule has 0 spiro atoms. The standard InChI is InChI=1S/C11H24N2O2S/c1-3-11(9-12)16(14,15)13-7-4-5-10(2)6-8-13/h10-11H,3-9,12H2,1-2H3. The lowest BCUT2D eigenvalue weighted by Crippen LogP contribution is -2.42. The number of nitrogens with two attached hydrogens (primary N) is 1. The Morgan fingerprint density at radius 1 is 1.38 bits per heavy atom. The maximum absolute atomic E-state index is 12.3. The Bertz CT molecular complexity index is 299. The third-order valence-corrected chi connectivity index (χ3v) is 5.93. The van der Waals surface area contributed by atoms with Gasteiger partial charge in [0.1, 0.15) is 0 Å². The number of hydrogen-bond acceptors (Lipinski definition) is 3. The number of nitrogens with zero attached hydrogens (tertiary/aromatic N) is 1. The van der Waals surface area contributed by atoms with Crippen LogP contribution in [0.1, 0.15) is 39.5 Å². The van der Waals surface area contributed by atoms with Crippen molar-refractivity contribution in [3.63, 3.8) is 0 Å². The lowest BCUT2D eigenvalue weighted by Gasteiger charge is -2.25. The molecule has 5 heteroatoms. The van der Waals surface area contributed by atoms with Gasteiger partial charge in [-0.15, -0.1) is 0 Å². The van der Waals surface area contributed by atoms with Crippen molar-refractivity contribution in [2.24, 2.45) is 11.7 Å². The second-order valence-corrected chi connectivity index (χ2v) is 6.96. The van der Waals surface area contributed by atoms with Gasteiger partial charge >= 0.3 is 0 Å². The first-order valence-electron chi connectivity index (χ1n) is 6.21. The minimum atomic E-state index is -3.16. The highest BCUT2D eigenvalue weighted by atomic mass is 32.2. The van der Waals surface area contributed by atoms with E-state index in [1.54, 1.807) is 4.31 Å². The van der Waals surface area contributed by atoms with Crippen LogP contribution in [0, 0.1) is 5.92 Å². The molecule has 4 nitrogen and oxygen atoms in total. The van der Waals surface area contributed by atoms with Gasteiger partial charge in [-0.05, 0) is 31.6 Å². The predicted molar refractivity (Wildman–Crippen MR) is 66.6 cm³/mol. The van der Waals surface area contributed by atoms with Crippen LogP contribution in [0.5, 0.6) is 0 Å². The summed E-state index contributed by atoms with van der Waals surface area (Å²) in [5.41, 5.74) is 5.54. The summed E-state index contributed by atoms with van der Waals surface area (Å²) in [6, 6.07) is 0.